The van der Waals surface area contributed by atoms with Crippen molar-refractivity contribution in [1.82, 2.24) is 26.3 Å². The molecule has 2 rings (SSSR count). The lowest BCUT2D eigenvalue weighted by Gasteiger charge is -2.16. The summed E-state index contributed by atoms with van der Waals surface area (Å²) in [5, 5.41) is 34.3. The van der Waals surface area contributed by atoms with E-state index in [0.29, 0.717) is 25.0 Å². The molecule has 13 heteroatoms. The summed E-state index contributed by atoms with van der Waals surface area (Å²) in [4.78, 5) is 23.6. The summed E-state index contributed by atoms with van der Waals surface area (Å²) < 4.78 is 4.68. The fourth-order valence-corrected chi connectivity index (χ4v) is 4.13. The van der Waals surface area contributed by atoms with Crippen molar-refractivity contribution in [2.75, 3.05) is 25.9 Å². The number of non-ortho nitro benzene ring substituents is 1. The number of aromatic nitrogens is 2. The first kappa shape index (κ1) is 25.3. The second-order valence-corrected chi connectivity index (χ2v) is 8.32. The van der Waals surface area contributed by atoms with E-state index in [1.54, 1.807) is 24.9 Å². The van der Waals surface area contributed by atoms with Crippen LogP contribution in [0.15, 0.2) is 21.7 Å². The van der Waals surface area contributed by atoms with Gasteiger partial charge in [0.25, 0.3) is 0 Å². The maximum Gasteiger partial charge on any atom is 0.300 e. The molecule has 1 unspecified atom stereocenters. The Kier molecular flexibility index (Phi) is 10.7. The number of fused-ring (bicyclic) bond motifs is 1. The molecule has 0 aliphatic rings. The van der Waals surface area contributed by atoms with Crippen LogP contribution in [0.25, 0.3) is 11.0 Å². The monoisotopic (exact) mass is 466 g/mol. The van der Waals surface area contributed by atoms with Crippen LogP contribution < -0.4 is 21.7 Å². The second-order valence-electron chi connectivity index (χ2n) is 7.18. The quantitative estimate of drug-likeness (QED) is 0.0646. The van der Waals surface area contributed by atoms with Crippen molar-refractivity contribution >= 4 is 40.3 Å². The van der Waals surface area contributed by atoms with Crippen molar-refractivity contribution in [2.24, 2.45) is 5.73 Å². The molecule has 0 saturated carbocycles. The van der Waals surface area contributed by atoms with Gasteiger partial charge in [0, 0.05) is 24.1 Å². The third-order valence-electron chi connectivity index (χ3n) is 4.83. The number of amides is 1. The minimum atomic E-state index is -0.496. The normalized spacial score (nSPS) is 11.9. The van der Waals surface area contributed by atoms with Gasteiger partial charge in [0.15, 0.2) is 11.5 Å². The Labute approximate surface area is 190 Å². The van der Waals surface area contributed by atoms with Gasteiger partial charge in [0.2, 0.25) is 11.4 Å². The van der Waals surface area contributed by atoms with E-state index in [1.807, 2.05) is 0 Å². The van der Waals surface area contributed by atoms with Gasteiger partial charge in [0.05, 0.1) is 11.0 Å². The first-order valence-electron chi connectivity index (χ1n) is 10.5. The van der Waals surface area contributed by atoms with Crippen molar-refractivity contribution in [2.45, 2.75) is 49.5 Å². The molecular formula is C19H30N8O4S. The van der Waals surface area contributed by atoms with Gasteiger partial charge in [-0.15, -0.1) is 11.8 Å². The Morgan fingerprint density at radius 1 is 1.19 bits per heavy atom. The van der Waals surface area contributed by atoms with E-state index in [-0.39, 0.29) is 29.1 Å². The number of carbonyl (C=O) groups excluding carboxylic acids is 1. The van der Waals surface area contributed by atoms with Crippen LogP contribution in [-0.4, -0.2) is 59.0 Å². The van der Waals surface area contributed by atoms with Gasteiger partial charge >= 0.3 is 5.69 Å². The minimum Gasteiger partial charge on any atom is -0.370 e. The highest BCUT2D eigenvalue weighted by molar-refractivity contribution is 7.99. The molecule has 1 aromatic carbocycles. The van der Waals surface area contributed by atoms with Gasteiger partial charge in [-0.05, 0) is 54.9 Å². The summed E-state index contributed by atoms with van der Waals surface area (Å²) in [6, 6.07) is 2.85. The van der Waals surface area contributed by atoms with Gasteiger partial charge in [-0.25, -0.2) is 4.63 Å². The molecule has 1 atom stereocenters. The summed E-state index contributed by atoms with van der Waals surface area (Å²) in [7, 11) is 1.76. The molecule has 0 aliphatic heterocycles. The molecule has 0 fully saturated rings. The highest BCUT2D eigenvalue weighted by Crippen LogP contribution is 2.32. The molecule has 0 spiro atoms. The smallest absolute Gasteiger partial charge is 0.300 e. The van der Waals surface area contributed by atoms with E-state index < -0.39 is 4.92 Å². The number of nitro benzene ring substituents is 1. The number of thioether (sulfide) groups is 1. The molecule has 176 valence electrons. The maximum absolute atomic E-state index is 12.2. The SMILES string of the molecule is CNC(CCCNC(=N)N)C(=O)NCCCCCCSc1ccc([N+](=O)[O-])c2nonc12. The summed E-state index contributed by atoms with van der Waals surface area (Å²) >= 11 is 1.57. The van der Waals surface area contributed by atoms with E-state index in [9.17, 15) is 14.9 Å². The third kappa shape index (κ3) is 7.96. The fourth-order valence-electron chi connectivity index (χ4n) is 3.13. The van der Waals surface area contributed by atoms with E-state index >= 15 is 0 Å². The molecule has 0 saturated heterocycles. The van der Waals surface area contributed by atoms with Crippen molar-refractivity contribution in [3.63, 3.8) is 0 Å². The Morgan fingerprint density at radius 2 is 1.91 bits per heavy atom. The van der Waals surface area contributed by atoms with Crippen LogP contribution in [0.2, 0.25) is 0 Å². The Bertz CT molecular complexity index is 907. The van der Waals surface area contributed by atoms with Crippen LogP contribution in [0.4, 0.5) is 5.69 Å². The Balaban J connectivity index is 1.59. The number of hydrogen-bond acceptors (Lipinski definition) is 9. The number of guanidine groups is 1. The second kappa shape index (κ2) is 13.5. The maximum atomic E-state index is 12.2. The zero-order valence-corrected chi connectivity index (χ0v) is 18.9. The first-order valence-corrected chi connectivity index (χ1v) is 11.5. The zero-order chi connectivity index (χ0) is 23.3. The number of rotatable bonds is 15. The Hall–Kier alpha value is -2.93. The highest BCUT2D eigenvalue weighted by Gasteiger charge is 2.19. The molecule has 12 nitrogen and oxygen atoms in total. The fraction of sp³-hybridized carbons (Fsp3) is 0.579. The number of carbonyl (C=O) groups is 1. The molecule has 1 heterocycles. The lowest BCUT2D eigenvalue weighted by atomic mass is 10.1. The molecular weight excluding hydrogens is 436 g/mol. The molecule has 0 aliphatic carbocycles. The summed E-state index contributed by atoms with van der Waals surface area (Å²) in [5.41, 5.74) is 5.71. The first-order chi connectivity index (χ1) is 15.4. The average Bonchev–Trinajstić information content (AvgIpc) is 3.25. The van der Waals surface area contributed by atoms with Gasteiger partial charge in [-0.3, -0.25) is 20.3 Å². The van der Waals surface area contributed by atoms with Gasteiger partial charge in [-0.2, -0.15) is 0 Å². The van der Waals surface area contributed by atoms with E-state index in [4.69, 9.17) is 11.1 Å². The number of benzene rings is 1. The number of nitro groups is 1. The third-order valence-corrected chi connectivity index (χ3v) is 5.96. The van der Waals surface area contributed by atoms with Crippen LogP contribution in [0.3, 0.4) is 0 Å². The minimum absolute atomic E-state index is 0.0192. The van der Waals surface area contributed by atoms with Gasteiger partial charge < -0.3 is 21.7 Å². The predicted molar refractivity (Wildman–Crippen MR) is 123 cm³/mol. The lowest BCUT2D eigenvalue weighted by molar-refractivity contribution is -0.383. The topological polar surface area (TPSA) is 185 Å². The lowest BCUT2D eigenvalue weighted by Crippen LogP contribution is -2.43. The molecule has 2 aromatic rings. The predicted octanol–water partition coefficient (Wildman–Crippen LogP) is 1.75. The van der Waals surface area contributed by atoms with E-state index in [2.05, 4.69) is 30.9 Å². The van der Waals surface area contributed by atoms with E-state index in [1.165, 1.54) is 6.07 Å². The van der Waals surface area contributed by atoms with E-state index in [0.717, 1.165) is 42.8 Å². The average molecular weight is 467 g/mol. The van der Waals surface area contributed by atoms with Crippen molar-refractivity contribution in [1.29, 1.82) is 5.41 Å². The molecule has 0 bridgehead atoms. The van der Waals surface area contributed by atoms with Crippen LogP contribution in [0, 0.1) is 15.5 Å². The number of unbranched alkanes of at least 4 members (excludes halogenated alkanes) is 3. The largest absolute Gasteiger partial charge is 0.370 e. The molecule has 6 N–H and O–H groups in total. The zero-order valence-electron chi connectivity index (χ0n) is 18.1. The summed E-state index contributed by atoms with van der Waals surface area (Å²) in [6.45, 7) is 1.20. The molecule has 0 radical (unpaired) electrons. The van der Waals surface area contributed by atoms with Gasteiger partial charge in [0.1, 0.15) is 0 Å². The number of likely N-dealkylation sites (N-methyl/N-ethyl adjacent to an activating group) is 1. The number of nitrogens with one attached hydrogen (secondary N) is 4. The highest BCUT2D eigenvalue weighted by atomic mass is 32.2. The molecule has 1 amide bonds. The summed E-state index contributed by atoms with van der Waals surface area (Å²) in [5.74, 6) is 0.766. The number of nitrogens with zero attached hydrogens (tertiary/aromatic N) is 3. The molecule has 1 aromatic heterocycles. The van der Waals surface area contributed by atoms with Crippen LogP contribution in [0.5, 0.6) is 0 Å². The number of hydrogen-bond donors (Lipinski definition) is 5. The standard InChI is InChI=1S/C19H30N8O4S/c1-22-13(7-6-11-24-19(20)21)18(28)23-10-4-2-3-5-12-32-15-9-8-14(27(29)30)16-17(15)26-31-25-16/h8-9,13,22H,2-7,10-12H2,1H3,(H,23,28)(H4,20,21,24). The van der Waals surface area contributed by atoms with Crippen LogP contribution in [-0.2, 0) is 4.79 Å². The van der Waals surface area contributed by atoms with Crippen molar-refractivity contribution < 1.29 is 14.3 Å². The van der Waals surface area contributed by atoms with Crippen molar-refractivity contribution in [3.8, 4) is 0 Å². The Morgan fingerprint density at radius 3 is 2.62 bits per heavy atom. The summed E-state index contributed by atoms with van der Waals surface area (Å²) in [6.07, 6.45) is 5.29. The van der Waals surface area contributed by atoms with Crippen LogP contribution in [0.1, 0.15) is 38.5 Å². The van der Waals surface area contributed by atoms with Crippen molar-refractivity contribution in [3.05, 3.63) is 22.2 Å². The van der Waals surface area contributed by atoms with Crippen LogP contribution >= 0.6 is 11.8 Å². The molecule has 32 heavy (non-hydrogen) atoms. The van der Waals surface area contributed by atoms with Gasteiger partial charge in [-0.1, -0.05) is 12.8 Å². The number of nitrogens with two attached hydrogens (primary N) is 1.